The molecule has 0 aliphatic carbocycles. The van der Waals surface area contributed by atoms with Crippen molar-refractivity contribution in [2.24, 2.45) is 10.9 Å². The lowest BCUT2D eigenvalue weighted by Gasteiger charge is -2.09. The third-order valence-electron chi connectivity index (χ3n) is 1.38. The molecule has 0 heterocycles. The summed E-state index contributed by atoms with van der Waals surface area (Å²) in [6.45, 7) is 0. The Balaban J connectivity index is 4.50. The number of nitrogens with zero attached hydrogens (tertiary/aromatic N) is 1. The van der Waals surface area contributed by atoms with Crippen molar-refractivity contribution in [3.63, 3.8) is 0 Å². The van der Waals surface area contributed by atoms with Crippen LogP contribution in [0, 0.1) is 0 Å². The van der Waals surface area contributed by atoms with Gasteiger partial charge in [-0.1, -0.05) is 5.16 Å². The van der Waals surface area contributed by atoms with Gasteiger partial charge >= 0.3 is 13.6 Å². The first kappa shape index (κ1) is 14.1. The molecule has 8 nitrogen and oxygen atoms in total. The van der Waals surface area contributed by atoms with Crippen LogP contribution in [0.15, 0.2) is 5.16 Å². The Morgan fingerprint density at radius 2 is 2.13 bits per heavy atom. The van der Waals surface area contributed by atoms with Gasteiger partial charge in [-0.25, -0.2) is 0 Å². The molecule has 0 bridgehead atoms. The molecule has 0 fully saturated rings. The van der Waals surface area contributed by atoms with E-state index in [0.717, 1.165) is 0 Å². The molecule has 0 saturated heterocycles. The van der Waals surface area contributed by atoms with E-state index in [1.165, 1.54) is 7.11 Å². The second-order valence-electron chi connectivity index (χ2n) is 2.81. The average molecular weight is 240 g/mol. The van der Waals surface area contributed by atoms with Crippen LogP contribution in [-0.4, -0.2) is 45.9 Å². The van der Waals surface area contributed by atoms with Crippen molar-refractivity contribution in [1.29, 1.82) is 0 Å². The Bertz CT molecular complexity index is 298. The first-order valence-corrected chi connectivity index (χ1v) is 5.68. The van der Waals surface area contributed by atoms with Gasteiger partial charge in [0.2, 0.25) is 0 Å². The highest BCUT2D eigenvalue weighted by molar-refractivity contribution is 7.52. The third-order valence-corrected chi connectivity index (χ3v) is 2.16. The topological polar surface area (TPSA) is 142 Å². The highest BCUT2D eigenvalue weighted by atomic mass is 31.2. The van der Waals surface area contributed by atoms with Crippen molar-refractivity contribution in [1.82, 2.24) is 0 Å². The summed E-state index contributed by atoms with van der Waals surface area (Å²) in [4.78, 5) is 32.0. The van der Waals surface area contributed by atoms with E-state index in [9.17, 15) is 9.36 Å². The third kappa shape index (κ3) is 7.03. The molecule has 0 saturated carbocycles. The van der Waals surface area contributed by atoms with E-state index in [-0.39, 0.29) is 12.1 Å². The number of hydrogen-bond donors (Lipinski definition) is 4. The van der Waals surface area contributed by atoms with Crippen LogP contribution < -0.4 is 5.73 Å². The number of carboxylic acids is 1. The molecule has 0 aromatic carbocycles. The van der Waals surface area contributed by atoms with Crippen molar-refractivity contribution in [2.45, 2.75) is 12.5 Å². The lowest BCUT2D eigenvalue weighted by atomic mass is 10.1. The Labute approximate surface area is 85.9 Å². The minimum atomic E-state index is -4.30. The van der Waals surface area contributed by atoms with E-state index < -0.39 is 25.8 Å². The summed E-state index contributed by atoms with van der Waals surface area (Å²) in [5.41, 5.74) is 5.09. The van der Waals surface area contributed by atoms with Gasteiger partial charge in [-0.05, 0) is 0 Å². The van der Waals surface area contributed by atoms with Gasteiger partial charge in [-0.3, -0.25) is 9.36 Å². The summed E-state index contributed by atoms with van der Waals surface area (Å²) in [7, 11) is -3.11. The molecule has 0 amide bonds. The van der Waals surface area contributed by atoms with Crippen molar-refractivity contribution in [3.05, 3.63) is 0 Å². The van der Waals surface area contributed by atoms with E-state index in [0.29, 0.717) is 0 Å². The molecule has 0 aromatic rings. The average Bonchev–Trinajstić information content (AvgIpc) is 2.00. The molecule has 0 rings (SSSR count). The first-order chi connectivity index (χ1) is 6.76. The second-order valence-corrected chi connectivity index (χ2v) is 4.46. The van der Waals surface area contributed by atoms with Crippen molar-refractivity contribution in [2.75, 3.05) is 13.3 Å². The van der Waals surface area contributed by atoms with Crippen LogP contribution in [0.4, 0.5) is 0 Å². The zero-order chi connectivity index (χ0) is 12.1. The molecule has 0 aromatic heterocycles. The Kier molecular flexibility index (Phi) is 5.45. The summed E-state index contributed by atoms with van der Waals surface area (Å²) in [5.74, 6) is -1.27. The van der Waals surface area contributed by atoms with Crippen LogP contribution in [0.2, 0.25) is 0 Å². The Morgan fingerprint density at radius 3 is 2.47 bits per heavy atom. The van der Waals surface area contributed by atoms with Gasteiger partial charge in [0, 0.05) is 6.42 Å². The van der Waals surface area contributed by atoms with Crippen LogP contribution in [0.25, 0.3) is 0 Å². The first-order valence-electron chi connectivity index (χ1n) is 3.88. The molecular weight excluding hydrogens is 227 g/mol. The molecule has 1 atom stereocenters. The quantitative estimate of drug-likeness (QED) is 0.264. The zero-order valence-electron chi connectivity index (χ0n) is 8.03. The van der Waals surface area contributed by atoms with Gasteiger partial charge in [-0.2, -0.15) is 0 Å². The van der Waals surface area contributed by atoms with Gasteiger partial charge in [0.25, 0.3) is 0 Å². The maximum atomic E-state index is 10.6. The lowest BCUT2D eigenvalue weighted by Crippen LogP contribution is -2.33. The van der Waals surface area contributed by atoms with Gasteiger partial charge < -0.3 is 25.5 Å². The highest BCUT2D eigenvalue weighted by Crippen LogP contribution is 2.34. The number of carboxylic acid groups (broad SMARTS) is 1. The molecular formula is C6H13N2O6P. The smallest absolute Gasteiger partial charge is 0.331 e. The molecule has 0 aliphatic heterocycles. The zero-order valence-corrected chi connectivity index (χ0v) is 8.92. The van der Waals surface area contributed by atoms with Crippen LogP contribution >= 0.6 is 7.60 Å². The SMILES string of the molecule is CO/N=C(\CC(N)C(=O)O)CP(=O)(O)O. The summed E-state index contributed by atoms with van der Waals surface area (Å²) in [5, 5.41) is 11.8. The normalized spacial score (nSPS) is 14.8. The van der Waals surface area contributed by atoms with Crippen LogP contribution in [0.1, 0.15) is 6.42 Å². The maximum Gasteiger partial charge on any atom is 0.331 e. The van der Waals surface area contributed by atoms with Crippen LogP contribution in [-0.2, 0) is 14.2 Å². The number of rotatable bonds is 6. The van der Waals surface area contributed by atoms with Crippen molar-refractivity contribution < 1.29 is 29.1 Å². The van der Waals surface area contributed by atoms with Gasteiger partial charge in [0.1, 0.15) is 13.2 Å². The molecule has 0 radical (unpaired) electrons. The van der Waals surface area contributed by atoms with E-state index in [4.69, 9.17) is 20.6 Å². The molecule has 9 heteroatoms. The molecule has 15 heavy (non-hydrogen) atoms. The molecule has 5 N–H and O–H groups in total. The summed E-state index contributed by atoms with van der Waals surface area (Å²) in [6, 6.07) is -1.26. The standard InChI is InChI=1S/C6H13N2O6P/c1-14-8-4(3-15(11,12)13)2-5(7)6(9)10/h5H,2-3,7H2,1H3,(H,9,10)(H2,11,12,13)/b8-4+. The summed E-state index contributed by atoms with van der Waals surface area (Å²) >= 11 is 0. The fourth-order valence-electron chi connectivity index (χ4n) is 0.839. The predicted octanol–water partition coefficient (Wildman–Crippen LogP) is -1.03. The molecule has 0 spiro atoms. The molecule has 1 unspecified atom stereocenters. The molecule has 88 valence electrons. The van der Waals surface area contributed by atoms with E-state index in [2.05, 4.69) is 9.99 Å². The van der Waals surface area contributed by atoms with Gasteiger partial charge in [0.05, 0.1) is 11.9 Å². The fraction of sp³-hybridized carbons (Fsp3) is 0.667. The number of hydrogen-bond acceptors (Lipinski definition) is 5. The minimum absolute atomic E-state index is 0.0827. The predicted molar refractivity (Wildman–Crippen MR) is 51.6 cm³/mol. The number of nitrogens with two attached hydrogens (primary N) is 1. The van der Waals surface area contributed by atoms with Gasteiger partial charge in [0.15, 0.2) is 0 Å². The highest BCUT2D eigenvalue weighted by Gasteiger charge is 2.22. The van der Waals surface area contributed by atoms with Crippen LogP contribution in [0.5, 0.6) is 0 Å². The number of oxime groups is 1. The minimum Gasteiger partial charge on any atom is -0.480 e. The lowest BCUT2D eigenvalue weighted by molar-refractivity contribution is -0.138. The van der Waals surface area contributed by atoms with Gasteiger partial charge in [-0.15, -0.1) is 0 Å². The Morgan fingerprint density at radius 1 is 1.60 bits per heavy atom. The summed E-state index contributed by atoms with van der Waals surface area (Å²) < 4.78 is 10.6. The second kappa shape index (κ2) is 5.82. The van der Waals surface area contributed by atoms with E-state index in [1.54, 1.807) is 0 Å². The van der Waals surface area contributed by atoms with Crippen LogP contribution in [0.3, 0.4) is 0 Å². The van der Waals surface area contributed by atoms with Crippen molar-refractivity contribution in [3.8, 4) is 0 Å². The Hall–Kier alpha value is -0.950. The van der Waals surface area contributed by atoms with E-state index >= 15 is 0 Å². The number of carbonyl (C=O) groups is 1. The largest absolute Gasteiger partial charge is 0.480 e. The monoisotopic (exact) mass is 240 g/mol. The fourth-order valence-corrected chi connectivity index (χ4v) is 1.50. The van der Waals surface area contributed by atoms with Crippen molar-refractivity contribution >= 4 is 19.3 Å². The maximum absolute atomic E-state index is 10.6. The number of aliphatic carboxylic acids is 1. The van der Waals surface area contributed by atoms with E-state index in [1.807, 2.05) is 0 Å². The molecule has 0 aliphatic rings. The summed E-state index contributed by atoms with van der Waals surface area (Å²) in [6.07, 6.45) is -0.934.